The SMILES string of the molecule is CC(C)(CNC1CN2CCC1CC2)c1cccs1. The van der Waals surface area contributed by atoms with Crippen LogP contribution in [0.4, 0.5) is 0 Å². The molecule has 0 spiro atoms. The van der Waals surface area contributed by atoms with Crippen molar-refractivity contribution in [3.05, 3.63) is 22.4 Å². The van der Waals surface area contributed by atoms with Crippen LogP contribution in [0.1, 0.15) is 31.6 Å². The van der Waals surface area contributed by atoms with Crippen molar-refractivity contribution in [3.63, 3.8) is 0 Å². The lowest BCUT2D eigenvalue weighted by Gasteiger charge is -2.46. The summed E-state index contributed by atoms with van der Waals surface area (Å²) in [6, 6.07) is 5.16. The molecule has 0 saturated carbocycles. The summed E-state index contributed by atoms with van der Waals surface area (Å²) in [5.41, 5.74) is 0.264. The van der Waals surface area contributed by atoms with Crippen molar-refractivity contribution in [2.45, 2.75) is 38.1 Å². The normalized spacial score (nSPS) is 31.8. The van der Waals surface area contributed by atoms with E-state index in [-0.39, 0.29) is 5.41 Å². The maximum atomic E-state index is 3.85. The van der Waals surface area contributed by atoms with E-state index in [0.717, 1.165) is 18.5 Å². The van der Waals surface area contributed by atoms with Crippen molar-refractivity contribution >= 4 is 11.3 Å². The van der Waals surface area contributed by atoms with Crippen LogP contribution in [-0.4, -0.2) is 37.1 Å². The predicted octanol–water partition coefficient (Wildman–Crippen LogP) is 2.71. The van der Waals surface area contributed by atoms with Gasteiger partial charge in [-0.25, -0.2) is 0 Å². The van der Waals surface area contributed by atoms with E-state index >= 15 is 0 Å². The topological polar surface area (TPSA) is 15.3 Å². The first-order chi connectivity index (χ1) is 8.65. The molecule has 3 aliphatic heterocycles. The molecule has 4 heterocycles. The maximum Gasteiger partial charge on any atom is 0.0224 e. The van der Waals surface area contributed by atoms with Crippen LogP contribution in [0.5, 0.6) is 0 Å². The van der Waals surface area contributed by atoms with Crippen molar-refractivity contribution in [2.24, 2.45) is 5.92 Å². The number of nitrogens with one attached hydrogen (secondary N) is 1. The van der Waals surface area contributed by atoms with Gasteiger partial charge in [-0.2, -0.15) is 0 Å². The number of thiophene rings is 1. The van der Waals surface area contributed by atoms with Crippen LogP contribution in [-0.2, 0) is 5.41 Å². The van der Waals surface area contributed by atoms with Crippen molar-refractivity contribution in [2.75, 3.05) is 26.2 Å². The quantitative estimate of drug-likeness (QED) is 0.899. The Morgan fingerprint density at radius 3 is 2.72 bits per heavy atom. The number of rotatable bonds is 4. The fourth-order valence-corrected chi connectivity index (χ4v) is 4.19. The molecular weight excluding hydrogens is 240 g/mol. The second kappa shape index (κ2) is 4.95. The molecule has 0 aliphatic carbocycles. The Morgan fingerprint density at radius 2 is 2.17 bits per heavy atom. The molecule has 1 aromatic rings. The Balaban J connectivity index is 1.58. The molecule has 1 N–H and O–H groups in total. The highest BCUT2D eigenvalue weighted by Crippen LogP contribution is 2.30. The zero-order valence-corrected chi connectivity index (χ0v) is 12.3. The van der Waals surface area contributed by atoms with Crippen LogP contribution in [0.3, 0.4) is 0 Å². The standard InChI is InChI=1S/C15H24N2S/c1-15(2,14-4-3-9-18-14)11-16-13-10-17-7-5-12(13)6-8-17/h3-4,9,12-13,16H,5-8,10-11H2,1-2H3. The lowest BCUT2D eigenvalue weighted by atomic mass is 9.83. The smallest absolute Gasteiger partial charge is 0.0224 e. The summed E-state index contributed by atoms with van der Waals surface area (Å²) in [6.07, 6.45) is 2.80. The molecule has 100 valence electrons. The highest BCUT2D eigenvalue weighted by Gasteiger charge is 2.34. The molecule has 3 aliphatic rings. The van der Waals surface area contributed by atoms with E-state index in [2.05, 4.69) is 41.6 Å². The van der Waals surface area contributed by atoms with Crippen LogP contribution in [0.15, 0.2) is 17.5 Å². The van der Waals surface area contributed by atoms with Gasteiger partial charge >= 0.3 is 0 Å². The summed E-state index contributed by atoms with van der Waals surface area (Å²) >= 11 is 1.88. The van der Waals surface area contributed by atoms with Crippen molar-refractivity contribution in [1.82, 2.24) is 10.2 Å². The van der Waals surface area contributed by atoms with E-state index in [1.165, 1.54) is 37.4 Å². The van der Waals surface area contributed by atoms with Gasteiger partial charge in [0.2, 0.25) is 0 Å². The van der Waals surface area contributed by atoms with Gasteiger partial charge in [0.1, 0.15) is 0 Å². The zero-order chi connectivity index (χ0) is 12.6. The van der Waals surface area contributed by atoms with E-state index in [9.17, 15) is 0 Å². The molecule has 3 heteroatoms. The van der Waals surface area contributed by atoms with Gasteiger partial charge in [0.25, 0.3) is 0 Å². The van der Waals surface area contributed by atoms with E-state index in [1.807, 2.05) is 11.3 Å². The molecule has 0 amide bonds. The van der Waals surface area contributed by atoms with Crippen LogP contribution >= 0.6 is 11.3 Å². The Kier molecular flexibility index (Phi) is 3.48. The van der Waals surface area contributed by atoms with Gasteiger partial charge in [-0.15, -0.1) is 11.3 Å². The van der Waals surface area contributed by atoms with Crippen molar-refractivity contribution in [3.8, 4) is 0 Å². The van der Waals surface area contributed by atoms with Gasteiger partial charge in [0.15, 0.2) is 0 Å². The maximum absolute atomic E-state index is 3.85. The predicted molar refractivity (Wildman–Crippen MR) is 78.3 cm³/mol. The van der Waals surface area contributed by atoms with Crippen molar-refractivity contribution < 1.29 is 0 Å². The summed E-state index contributed by atoms with van der Waals surface area (Å²) in [5, 5.41) is 6.03. The second-order valence-corrected chi connectivity index (χ2v) is 7.43. The first-order valence-corrected chi connectivity index (χ1v) is 8.03. The van der Waals surface area contributed by atoms with Crippen LogP contribution in [0, 0.1) is 5.92 Å². The van der Waals surface area contributed by atoms with E-state index in [1.54, 1.807) is 0 Å². The molecule has 18 heavy (non-hydrogen) atoms. The van der Waals surface area contributed by atoms with Gasteiger partial charge < -0.3 is 10.2 Å². The Morgan fingerprint density at radius 1 is 1.39 bits per heavy atom. The largest absolute Gasteiger partial charge is 0.312 e. The van der Waals surface area contributed by atoms with Crippen molar-refractivity contribution in [1.29, 1.82) is 0 Å². The second-order valence-electron chi connectivity index (χ2n) is 6.49. The summed E-state index contributed by atoms with van der Waals surface area (Å²) in [4.78, 5) is 4.12. The highest BCUT2D eigenvalue weighted by atomic mass is 32.1. The van der Waals surface area contributed by atoms with Crippen LogP contribution in [0.25, 0.3) is 0 Å². The summed E-state index contributed by atoms with van der Waals surface area (Å²) in [7, 11) is 0. The summed E-state index contributed by atoms with van der Waals surface area (Å²) in [6.45, 7) is 9.74. The Hall–Kier alpha value is -0.380. The van der Waals surface area contributed by atoms with Crippen LogP contribution in [0.2, 0.25) is 0 Å². The average molecular weight is 264 g/mol. The number of piperidine rings is 3. The molecule has 1 unspecified atom stereocenters. The molecule has 2 nitrogen and oxygen atoms in total. The minimum absolute atomic E-state index is 0.264. The first-order valence-electron chi connectivity index (χ1n) is 7.15. The molecule has 4 rings (SSSR count). The van der Waals surface area contributed by atoms with Gasteiger partial charge in [0.05, 0.1) is 0 Å². The molecule has 3 fully saturated rings. The first kappa shape index (κ1) is 12.6. The molecule has 2 bridgehead atoms. The highest BCUT2D eigenvalue weighted by molar-refractivity contribution is 7.10. The summed E-state index contributed by atoms with van der Waals surface area (Å²) < 4.78 is 0. The van der Waals surface area contributed by atoms with E-state index in [0.29, 0.717) is 0 Å². The third-order valence-corrected chi connectivity index (χ3v) is 5.89. The summed E-state index contributed by atoms with van der Waals surface area (Å²) in [5.74, 6) is 0.925. The number of hydrogen-bond donors (Lipinski definition) is 1. The molecule has 0 radical (unpaired) electrons. The number of nitrogens with zero attached hydrogens (tertiary/aromatic N) is 1. The molecule has 0 aromatic carbocycles. The monoisotopic (exact) mass is 264 g/mol. The fourth-order valence-electron chi connectivity index (χ4n) is 3.33. The average Bonchev–Trinajstić information content (AvgIpc) is 2.93. The number of hydrogen-bond acceptors (Lipinski definition) is 3. The minimum Gasteiger partial charge on any atom is -0.312 e. The van der Waals surface area contributed by atoms with Gasteiger partial charge in [0, 0.05) is 29.4 Å². The van der Waals surface area contributed by atoms with Gasteiger partial charge in [-0.3, -0.25) is 0 Å². The lowest BCUT2D eigenvalue weighted by molar-refractivity contribution is 0.0705. The lowest BCUT2D eigenvalue weighted by Crippen LogP contribution is -2.57. The fraction of sp³-hybridized carbons (Fsp3) is 0.733. The Labute approximate surface area is 114 Å². The zero-order valence-electron chi connectivity index (χ0n) is 11.5. The van der Waals surface area contributed by atoms with E-state index < -0.39 is 0 Å². The van der Waals surface area contributed by atoms with Gasteiger partial charge in [-0.05, 0) is 43.3 Å². The molecular formula is C15H24N2S. The third kappa shape index (κ3) is 2.49. The minimum atomic E-state index is 0.264. The van der Waals surface area contributed by atoms with Gasteiger partial charge in [-0.1, -0.05) is 19.9 Å². The van der Waals surface area contributed by atoms with E-state index in [4.69, 9.17) is 0 Å². The molecule has 1 atom stereocenters. The molecule has 1 aromatic heterocycles. The van der Waals surface area contributed by atoms with Crippen LogP contribution < -0.4 is 5.32 Å². The number of fused-ring (bicyclic) bond motifs is 3. The Bertz CT molecular complexity index is 377. The third-order valence-electron chi connectivity index (χ3n) is 4.65. The molecule has 3 saturated heterocycles.